The largest absolute Gasteiger partial charge is 0.497 e. The molecular formula is C13H11NOS. The number of thiazole rings is 1. The molecule has 1 aromatic carbocycles. The summed E-state index contributed by atoms with van der Waals surface area (Å²) in [6.07, 6.45) is 0. The lowest BCUT2D eigenvalue weighted by atomic mass is 10.2. The molecule has 16 heavy (non-hydrogen) atoms. The molecule has 0 bridgehead atoms. The van der Waals surface area contributed by atoms with Crippen LogP contribution in [0.15, 0.2) is 29.6 Å². The molecule has 0 saturated carbocycles. The molecule has 0 amide bonds. The minimum atomic E-state index is 0.843. The molecular weight excluding hydrogens is 218 g/mol. The lowest BCUT2D eigenvalue weighted by Crippen LogP contribution is -1.82. The van der Waals surface area contributed by atoms with Crippen LogP contribution in [0.3, 0.4) is 0 Å². The van der Waals surface area contributed by atoms with Crippen molar-refractivity contribution < 1.29 is 4.74 Å². The van der Waals surface area contributed by atoms with Crippen LogP contribution in [-0.4, -0.2) is 12.1 Å². The highest BCUT2D eigenvalue weighted by atomic mass is 32.1. The van der Waals surface area contributed by atoms with Crippen LogP contribution in [-0.2, 0) is 0 Å². The van der Waals surface area contributed by atoms with Crippen molar-refractivity contribution in [2.45, 2.75) is 6.92 Å². The number of aromatic nitrogens is 1. The predicted molar refractivity (Wildman–Crippen MR) is 65.8 cm³/mol. The van der Waals surface area contributed by atoms with Gasteiger partial charge in [-0.05, 0) is 37.1 Å². The molecule has 0 aliphatic carbocycles. The summed E-state index contributed by atoms with van der Waals surface area (Å²) in [6.45, 7) is 1.97. The first-order chi connectivity index (χ1) is 7.78. The summed E-state index contributed by atoms with van der Waals surface area (Å²) in [6, 6.07) is 7.67. The predicted octanol–water partition coefficient (Wildman–Crippen LogP) is 2.86. The number of rotatable bonds is 1. The van der Waals surface area contributed by atoms with Gasteiger partial charge in [-0.25, -0.2) is 4.98 Å². The maximum absolute atomic E-state index is 5.08. The van der Waals surface area contributed by atoms with Crippen molar-refractivity contribution in [3.63, 3.8) is 0 Å². The van der Waals surface area contributed by atoms with Crippen LogP contribution in [0.4, 0.5) is 0 Å². The van der Waals surface area contributed by atoms with E-state index in [0.29, 0.717) is 0 Å². The van der Waals surface area contributed by atoms with E-state index in [1.807, 2.05) is 36.6 Å². The zero-order valence-electron chi connectivity index (χ0n) is 9.15. The quantitative estimate of drug-likeness (QED) is 0.701. The van der Waals surface area contributed by atoms with Crippen molar-refractivity contribution in [1.82, 2.24) is 4.98 Å². The van der Waals surface area contributed by atoms with Crippen LogP contribution < -0.4 is 4.74 Å². The maximum Gasteiger partial charge on any atom is 0.167 e. The molecule has 3 heteroatoms. The number of hydrogen-bond donors (Lipinski definition) is 0. The Morgan fingerprint density at radius 2 is 1.94 bits per heavy atom. The van der Waals surface area contributed by atoms with Crippen LogP contribution in [0, 0.1) is 18.8 Å². The molecule has 2 aromatic rings. The van der Waals surface area contributed by atoms with E-state index in [-0.39, 0.29) is 0 Å². The zero-order chi connectivity index (χ0) is 11.4. The molecule has 0 aliphatic heterocycles. The number of aryl methyl sites for hydroxylation is 1. The van der Waals surface area contributed by atoms with E-state index < -0.39 is 0 Å². The smallest absolute Gasteiger partial charge is 0.167 e. The van der Waals surface area contributed by atoms with Crippen molar-refractivity contribution in [3.05, 3.63) is 45.9 Å². The highest BCUT2D eigenvalue weighted by Crippen LogP contribution is 2.11. The Morgan fingerprint density at radius 3 is 2.50 bits per heavy atom. The lowest BCUT2D eigenvalue weighted by Gasteiger charge is -1.97. The van der Waals surface area contributed by atoms with Gasteiger partial charge in [0.05, 0.1) is 7.11 Å². The number of hydrogen-bond acceptors (Lipinski definition) is 3. The van der Waals surface area contributed by atoms with Gasteiger partial charge >= 0.3 is 0 Å². The summed E-state index contributed by atoms with van der Waals surface area (Å²) in [4.78, 5) is 4.28. The van der Waals surface area contributed by atoms with Gasteiger partial charge in [-0.15, -0.1) is 11.3 Å². The molecule has 0 saturated heterocycles. The second-order valence-corrected chi connectivity index (χ2v) is 4.13. The van der Waals surface area contributed by atoms with Crippen molar-refractivity contribution in [1.29, 1.82) is 0 Å². The van der Waals surface area contributed by atoms with Crippen molar-refractivity contribution >= 4 is 11.3 Å². The Kier molecular flexibility index (Phi) is 3.23. The molecule has 0 N–H and O–H groups in total. The average Bonchev–Trinajstić information content (AvgIpc) is 2.73. The first-order valence-electron chi connectivity index (χ1n) is 4.86. The maximum atomic E-state index is 5.08. The standard InChI is InChI=1S/C13H11NOS/c1-10-9-16-13(14-10)8-5-11-3-6-12(15-2)7-4-11/h3-4,6-7,9H,1-2H3. The molecule has 0 fully saturated rings. The van der Waals surface area contributed by atoms with Gasteiger partial charge in [0.1, 0.15) is 5.75 Å². The molecule has 0 radical (unpaired) electrons. The Balaban J connectivity index is 2.17. The topological polar surface area (TPSA) is 22.1 Å². The SMILES string of the molecule is COc1ccc(C#Cc2nc(C)cs2)cc1. The van der Waals surface area contributed by atoms with Gasteiger partial charge in [0, 0.05) is 16.6 Å². The van der Waals surface area contributed by atoms with Gasteiger partial charge in [0.25, 0.3) is 0 Å². The van der Waals surface area contributed by atoms with Gasteiger partial charge in [-0.3, -0.25) is 0 Å². The van der Waals surface area contributed by atoms with Crippen molar-refractivity contribution in [2.24, 2.45) is 0 Å². The Morgan fingerprint density at radius 1 is 1.19 bits per heavy atom. The van der Waals surface area contributed by atoms with E-state index in [2.05, 4.69) is 16.8 Å². The molecule has 0 atom stereocenters. The third-order valence-electron chi connectivity index (χ3n) is 2.02. The van der Waals surface area contributed by atoms with Crippen LogP contribution >= 0.6 is 11.3 Å². The normalized spacial score (nSPS) is 9.38. The molecule has 1 aromatic heterocycles. The Labute approximate surface area is 98.9 Å². The number of benzene rings is 1. The van der Waals surface area contributed by atoms with Gasteiger partial charge < -0.3 is 4.74 Å². The lowest BCUT2D eigenvalue weighted by molar-refractivity contribution is 0.415. The summed E-state index contributed by atoms with van der Waals surface area (Å²) in [5.41, 5.74) is 1.98. The van der Waals surface area contributed by atoms with Gasteiger partial charge in [0.2, 0.25) is 0 Å². The second-order valence-electron chi connectivity index (χ2n) is 3.27. The van der Waals surface area contributed by atoms with E-state index >= 15 is 0 Å². The van der Waals surface area contributed by atoms with E-state index in [0.717, 1.165) is 22.0 Å². The van der Waals surface area contributed by atoms with E-state index in [1.165, 1.54) is 0 Å². The van der Waals surface area contributed by atoms with Crippen LogP contribution in [0.25, 0.3) is 0 Å². The molecule has 1 heterocycles. The van der Waals surface area contributed by atoms with Gasteiger partial charge in [-0.1, -0.05) is 5.92 Å². The minimum absolute atomic E-state index is 0.843. The second kappa shape index (κ2) is 4.82. The molecule has 0 aliphatic rings. The van der Waals surface area contributed by atoms with Crippen LogP contribution in [0.1, 0.15) is 16.3 Å². The summed E-state index contributed by atoms with van der Waals surface area (Å²) in [7, 11) is 1.65. The third kappa shape index (κ3) is 2.62. The van der Waals surface area contributed by atoms with E-state index in [4.69, 9.17) is 4.74 Å². The molecule has 0 spiro atoms. The molecule has 2 nitrogen and oxygen atoms in total. The first-order valence-corrected chi connectivity index (χ1v) is 5.74. The summed E-state index contributed by atoms with van der Waals surface area (Å²) >= 11 is 1.57. The highest BCUT2D eigenvalue weighted by molar-refractivity contribution is 7.10. The summed E-state index contributed by atoms with van der Waals surface area (Å²) in [5, 5.41) is 2.85. The fourth-order valence-corrected chi connectivity index (χ4v) is 1.85. The first kappa shape index (κ1) is 10.7. The fraction of sp³-hybridized carbons (Fsp3) is 0.154. The van der Waals surface area contributed by atoms with Gasteiger partial charge in [0.15, 0.2) is 5.01 Å². The monoisotopic (exact) mass is 229 g/mol. The summed E-state index contributed by atoms with van der Waals surface area (Å²) < 4.78 is 5.08. The van der Waals surface area contributed by atoms with Crippen molar-refractivity contribution in [3.8, 4) is 17.6 Å². The Bertz CT molecular complexity index is 531. The van der Waals surface area contributed by atoms with E-state index in [9.17, 15) is 0 Å². The van der Waals surface area contributed by atoms with Crippen LogP contribution in [0.2, 0.25) is 0 Å². The molecule has 2 rings (SSSR count). The number of ether oxygens (including phenoxy) is 1. The number of methoxy groups -OCH3 is 1. The van der Waals surface area contributed by atoms with Gasteiger partial charge in [-0.2, -0.15) is 0 Å². The number of nitrogens with zero attached hydrogens (tertiary/aromatic N) is 1. The highest BCUT2D eigenvalue weighted by Gasteiger charge is 1.93. The van der Waals surface area contributed by atoms with E-state index in [1.54, 1.807) is 18.4 Å². The average molecular weight is 229 g/mol. The van der Waals surface area contributed by atoms with Crippen molar-refractivity contribution in [2.75, 3.05) is 7.11 Å². The summed E-state index contributed by atoms with van der Waals surface area (Å²) in [5.74, 6) is 6.95. The minimum Gasteiger partial charge on any atom is -0.497 e. The Hall–Kier alpha value is -1.79. The van der Waals surface area contributed by atoms with Crippen LogP contribution in [0.5, 0.6) is 5.75 Å². The zero-order valence-corrected chi connectivity index (χ0v) is 9.97. The third-order valence-corrected chi connectivity index (χ3v) is 2.90. The fourth-order valence-electron chi connectivity index (χ4n) is 1.21. The molecule has 0 unspecified atom stereocenters. The molecule has 80 valence electrons.